The molecule has 2 nitrogen and oxygen atoms in total. The summed E-state index contributed by atoms with van der Waals surface area (Å²) in [5.74, 6) is -0.346. The minimum atomic E-state index is -0.251. The van der Waals surface area contributed by atoms with E-state index < -0.39 is 0 Å². The maximum atomic E-state index is 13.1. The van der Waals surface area contributed by atoms with Gasteiger partial charge >= 0.3 is 156 Å². The Morgan fingerprint density at radius 2 is 1.79 bits per heavy atom. The maximum absolute atomic E-state index is 13.1. The molecule has 0 unspecified atom stereocenters. The molecule has 24 heavy (non-hydrogen) atoms. The molecule has 1 amide bonds. The molecular weight excluding hydrogens is 436 g/mol. The third-order valence-corrected chi connectivity index (χ3v) is 7.73. The molecule has 2 aromatic carbocycles. The van der Waals surface area contributed by atoms with E-state index in [4.69, 9.17) is 0 Å². The van der Waals surface area contributed by atoms with Crippen molar-refractivity contribution in [3.63, 3.8) is 0 Å². The number of hydrogen-bond donors (Lipinski definition) is 1. The summed E-state index contributed by atoms with van der Waals surface area (Å²) in [5, 5.41) is 2.93. The van der Waals surface area contributed by atoms with Crippen LogP contribution in [0.5, 0.6) is 0 Å². The Labute approximate surface area is 155 Å². The van der Waals surface area contributed by atoms with Gasteiger partial charge in [0.15, 0.2) is 0 Å². The van der Waals surface area contributed by atoms with E-state index in [9.17, 15) is 9.18 Å². The van der Waals surface area contributed by atoms with Crippen molar-refractivity contribution in [3.8, 4) is 0 Å². The number of hydrogen-bond acceptors (Lipinski definition) is 2. The summed E-state index contributed by atoms with van der Waals surface area (Å²) < 4.78 is 15.5. The van der Waals surface area contributed by atoms with Crippen LogP contribution in [-0.2, 0) is 4.79 Å². The van der Waals surface area contributed by atoms with Gasteiger partial charge in [0.1, 0.15) is 0 Å². The van der Waals surface area contributed by atoms with Crippen LogP contribution < -0.4 is 26.5 Å². The molecule has 0 bridgehead atoms. The SMILES string of the molecule is C/C(C(=O)Nc1ccccc1)=C(\Sc1ccc(F)cc1)C1=CC[I-]1. The first-order valence-corrected chi connectivity index (χ1v) is 10.9. The normalized spacial score (nSPS) is 14.7. The molecule has 1 heterocycles. The summed E-state index contributed by atoms with van der Waals surface area (Å²) in [6.07, 6.45) is 2.19. The molecule has 1 N–H and O–H groups in total. The van der Waals surface area contributed by atoms with Gasteiger partial charge in [-0.25, -0.2) is 0 Å². The second-order valence-electron chi connectivity index (χ2n) is 5.17. The minimum absolute atomic E-state index is 0.0110. The van der Waals surface area contributed by atoms with Crippen LogP contribution in [0.3, 0.4) is 0 Å². The number of para-hydroxylation sites is 1. The number of allylic oxidation sites excluding steroid dienone is 2. The van der Waals surface area contributed by atoms with Crippen LogP contribution in [0.15, 0.2) is 79.6 Å². The zero-order valence-electron chi connectivity index (χ0n) is 13.1. The van der Waals surface area contributed by atoms with Gasteiger partial charge in [0.25, 0.3) is 0 Å². The Hall–Kier alpha value is -1.60. The quantitative estimate of drug-likeness (QED) is 0.325. The second-order valence-corrected chi connectivity index (χ2v) is 9.06. The van der Waals surface area contributed by atoms with Crippen molar-refractivity contribution in [1.29, 1.82) is 0 Å². The molecule has 3 rings (SSSR count). The molecule has 0 fully saturated rings. The van der Waals surface area contributed by atoms with E-state index in [1.54, 1.807) is 12.1 Å². The monoisotopic (exact) mass is 452 g/mol. The van der Waals surface area contributed by atoms with Gasteiger partial charge in [0.2, 0.25) is 0 Å². The number of anilines is 1. The number of halogens is 2. The Balaban J connectivity index is 1.84. The van der Waals surface area contributed by atoms with Crippen LogP contribution in [0.4, 0.5) is 10.1 Å². The average Bonchev–Trinajstić information content (AvgIpc) is 2.55. The average molecular weight is 452 g/mol. The predicted molar refractivity (Wildman–Crippen MR) is 93.0 cm³/mol. The summed E-state index contributed by atoms with van der Waals surface area (Å²) in [6.45, 7) is 1.85. The van der Waals surface area contributed by atoms with Crippen LogP contribution in [0.2, 0.25) is 0 Å². The van der Waals surface area contributed by atoms with Crippen LogP contribution >= 0.6 is 11.8 Å². The summed E-state index contributed by atoms with van der Waals surface area (Å²) in [5.41, 5.74) is 1.49. The van der Waals surface area contributed by atoms with E-state index >= 15 is 0 Å². The zero-order chi connectivity index (χ0) is 16.9. The third-order valence-electron chi connectivity index (χ3n) is 3.44. The van der Waals surface area contributed by atoms with Crippen LogP contribution in [0.25, 0.3) is 0 Å². The van der Waals surface area contributed by atoms with E-state index in [1.165, 1.54) is 27.5 Å². The molecular formula is C19H16FINOS-. The van der Waals surface area contributed by atoms with Crippen molar-refractivity contribution in [3.05, 3.63) is 80.5 Å². The molecule has 0 aliphatic carbocycles. The molecule has 2 aromatic rings. The molecule has 0 radical (unpaired) electrons. The van der Waals surface area contributed by atoms with E-state index in [-0.39, 0.29) is 32.9 Å². The number of thioether (sulfide) groups is 1. The van der Waals surface area contributed by atoms with E-state index in [1.807, 2.05) is 37.3 Å². The molecule has 0 aromatic heterocycles. The predicted octanol–water partition coefficient (Wildman–Crippen LogP) is 1.82. The fourth-order valence-corrected chi connectivity index (χ4v) is 5.34. The Morgan fingerprint density at radius 1 is 1.12 bits per heavy atom. The number of carbonyl (C=O) groups is 1. The van der Waals surface area contributed by atoms with Crippen LogP contribution in [-0.4, -0.2) is 10.3 Å². The Bertz CT molecular complexity index is 800. The summed E-state index contributed by atoms with van der Waals surface area (Å²) in [7, 11) is 0. The van der Waals surface area contributed by atoms with Crippen molar-refractivity contribution in [2.24, 2.45) is 0 Å². The fourth-order valence-electron chi connectivity index (χ4n) is 2.08. The van der Waals surface area contributed by atoms with Gasteiger partial charge in [-0.1, -0.05) is 0 Å². The molecule has 0 atom stereocenters. The summed E-state index contributed by atoms with van der Waals surface area (Å²) in [4.78, 5) is 14.5. The van der Waals surface area contributed by atoms with Gasteiger partial charge in [0.05, 0.1) is 0 Å². The van der Waals surface area contributed by atoms with E-state index in [0.29, 0.717) is 5.57 Å². The van der Waals surface area contributed by atoms with Crippen LogP contribution in [0, 0.1) is 5.82 Å². The zero-order valence-corrected chi connectivity index (χ0v) is 16.0. The van der Waals surface area contributed by atoms with Gasteiger partial charge in [-0.2, -0.15) is 0 Å². The standard InChI is InChI=1S/C19H16FINOS/c1-13(19(23)22-15-5-3-2-4-6-15)18(17-11-12-21-17)24-16-9-7-14(20)8-10-16/h2-11H,12H2,1H3,(H,22,23)/q-1/b18-13+. The molecule has 0 saturated heterocycles. The topological polar surface area (TPSA) is 29.1 Å². The number of amides is 1. The van der Waals surface area contributed by atoms with Crippen molar-refractivity contribution in [2.45, 2.75) is 11.8 Å². The number of nitrogens with one attached hydrogen (secondary N) is 1. The van der Waals surface area contributed by atoms with Crippen molar-refractivity contribution in [2.75, 3.05) is 9.74 Å². The van der Waals surface area contributed by atoms with E-state index in [0.717, 1.165) is 19.9 Å². The molecule has 1 aliphatic rings. The summed E-state index contributed by atoms with van der Waals surface area (Å²) >= 11 is 1.53. The summed E-state index contributed by atoms with van der Waals surface area (Å²) in [6, 6.07) is 15.8. The Morgan fingerprint density at radius 3 is 2.38 bits per heavy atom. The fraction of sp³-hybridized carbons (Fsp3) is 0.105. The van der Waals surface area contributed by atoms with Gasteiger partial charge < -0.3 is 0 Å². The molecule has 0 spiro atoms. The van der Waals surface area contributed by atoms with Gasteiger partial charge in [-0.15, -0.1) is 0 Å². The Kier molecular flexibility index (Phi) is 5.73. The van der Waals surface area contributed by atoms with Crippen molar-refractivity contribution >= 4 is 23.4 Å². The number of alkyl halides is 1. The van der Waals surface area contributed by atoms with Crippen molar-refractivity contribution < 1.29 is 30.4 Å². The molecule has 1 aliphatic heterocycles. The number of rotatable bonds is 5. The first-order chi connectivity index (χ1) is 11.6. The third kappa shape index (κ3) is 4.27. The van der Waals surface area contributed by atoms with Crippen LogP contribution in [0.1, 0.15) is 6.92 Å². The molecule has 5 heteroatoms. The number of benzene rings is 2. The van der Waals surface area contributed by atoms with E-state index in [2.05, 4.69) is 11.4 Å². The number of carbonyl (C=O) groups excluding carboxylic acids is 1. The first-order valence-electron chi connectivity index (χ1n) is 7.44. The first kappa shape index (κ1) is 17.2. The second kappa shape index (κ2) is 7.98. The van der Waals surface area contributed by atoms with Gasteiger partial charge in [-0.3, -0.25) is 0 Å². The van der Waals surface area contributed by atoms with Gasteiger partial charge in [0, 0.05) is 0 Å². The molecule has 124 valence electrons. The van der Waals surface area contributed by atoms with Crippen molar-refractivity contribution in [1.82, 2.24) is 0 Å². The van der Waals surface area contributed by atoms with Gasteiger partial charge in [-0.05, 0) is 0 Å². The molecule has 0 saturated carbocycles.